The van der Waals surface area contributed by atoms with Crippen LogP contribution in [-0.4, -0.2) is 30.2 Å². The van der Waals surface area contributed by atoms with Gasteiger partial charge in [-0.15, -0.1) is 0 Å². The summed E-state index contributed by atoms with van der Waals surface area (Å²) in [5, 5.41) is 3.53. The number of aryl methyl sites for hydroxylation is 1. The van der Waals surface area contributed by atoms with Crippen molar-refractivity contribution in [2.45, 2.75) is 52.6 Å². The molecular weight excluding hydrogens is 262 g/mol. The Labute approximate surface area is 128 Å². The third-order valence-electron chi connectivity index (χ3n) is 4.24. The van der Waals surface area contributed by atoms with E-state index in [2.05, 4.69) is 31.1 Å². The first-order chi connectivity index (χ1) is 10.2. The minimum Gasteiger partial charge on any atom is -0.373 e. The van der Waals surface area contributed by atoms with Crippen molar-refractivity contribution in [3.05, 3.63) is 23.3 Å². The lowest BCUT2D eigenvalue weighted by molar-refractivity contribution is 0.0571. The van der Waals surface area contributed by atoms with Gasteiger partial charge in [0.15, 0.2) is 5.82 Å². The SMILES string of the molecule is CCCNCC1CCc2nc(C(OC)C(C)C)ncc2C1. The zero-order valence-electron chi connectivity index (χ0n) is 13.9. The Morgan fingerprint density at radius 1 is 1.43 bits per heavy atom. The average Bonchev–Trinajstić information content (AvgIpc) is 2.48. The van der Waals surface area contributed by atoms with Crippen LogP contribution in [-0.2, 0) is 17.6 Å². The molecule has 1 aliphatic rings. The molecule has 0 saturated heterocycles. The normalized spacial score (nSPS) is 19.6. The molecule has 0 aromatic carbocycles. The smallest absolute Gasteiger partial charge is 0.157 e. The molecule has 2 rings (SSSR count). The summed E-state index contributed by atoms with van der Waals surface area (Å²) < 4.78 is 5.54. The highest BCUT2D eigenvalue weighted by atomic mass is 16.5. The molecular formula is C17H29N3O. The molecule has 0 spiro atoms. The van der Waals surface area contributed by atoms with Crippen LogP contribution in [0.3, 0.4) is 0 Å². The van der Waals surface area contributed by atoms with E-state index in [-0.39, 0.29) is 6.10 Å². The van der Waals surface area contributed by atoms with Crippen LogP contribution >= 0.6 is 0 Å². The fraction of sp³-hybridized carbons (Fsp3) is 0.765. The zero-order chi connectivity index (χ0) is 15.2. The van der Waals surface area contributed by atoms with Gasteiger partial charge in [0, 0.05) is 19.0 Å². The summed E-state index contributed by atoms with van der Waals surface area (Å²) in [6, 6.07) is 0. The van der Waals surface area contributed by atoms with Gasteiger partial charge in [-0.2, -0.15) is 0 Å². The van der Waals surface area contributed by atoms with Gasteiger partial charge in [0.1, 0.15) is 6.10 Å². The van der Waals surface area contributed by atoms with Gasteiger partial charge in [-0.25, -0.2) is 9.97 Å². The van der Waals surface area contributed by atoms with Gasteiger partial charge >= 0.3 is 0 Å². The summed E-state index contributed by atoms with van der Waals surface area (Å²) in [5.41, 5.74) is 2.56. The minimum atomic E-state index is -0.000700. The van der Waals surface area contributed by atoms with Crippen LogP contribution in [0.1, 0.15) is 56.8 Å². The summed E-state index contributed by atoms with van der Waals surface area (Å²) in [7, 11) is 1.74. The first-order valence-corrected chi connectivity index (χ1v) is 8.23. The van der Waals surface area contributed by atoms with Crippen molar-refractivity contribution in [1.82, 2.24) is 15.3 Å². The lowest BCUT2D eigenvalue weighted by Gasteiger charge is -2.25. The van der Waals surface area contributed by atoms with Gasteiger partial charge in [0.05, 0.1) is 0 Å². The summed E-state index contributed by atoms with van der Waals surface area (Å²) in [6.45, 7) is 8.72. The number of aromatic nitrogens is 2. The van der Waals surface area contributed by atoms with Crippen LogP contribution in [0.25, 0.3) is 0 Å². The predicted octanol–water partition coefficient (Wildman–Crippen LogP) is 2.92. The molecule has 1 aliphatic carbocycles. The van der Waals surface area contributed by atoms with Gasteiger partial charge in [-0.1, -0.05) is 20.8 Å². The van der Waals surface area contributed by atoms with Gasteiger partial charge in [0.2, 0.25) is 0 Å². The maximum absolute atomic E-state index is 5.54. The van der Waals surface area contributed by atoms with Crippen molar-refractivity contribution in [2.24, 2.45) is 11.8 Å². The van der Waals surface area contributed by atoms with Gasteiger partial charge in [0.25, 0.3) is 0 Å². The highest BCUT2D eigenvalue weighted by molar-refractivity contribution is 5.22. The lowest BCUT2D eigenvalue weighted by Crippen LogP contribution is -2.28. The molecule has 0 fully saturated rings. The molecule has 0 saturated carbocycles. The Morgan fingerprint density at radius 3 is 2.90 bits per heavy atom. The van der Waals surface area contributed by atoms with E-state index in [1.165, 1.54) is 24.1 Å². The van der Waals surface area contributed by atoms with E-state index in [0.717, 1.165) is 37.7 Å². The molecule has 0 radical (unpaired) electrons. The molecule has 4 nitrogen and oxygen atoms in total. The molecule has 1 aromatic rings. The highest BCUT2D eigenvalue weighted by Crippen LogP contribution is 2.27. The van der Waals surface area contributed by atoms with E-state index in [4.69, 9.17) is 9.72 Å². The van der Waals surface area contributed by atoms with E-state index in [9.17, 15) is 0 Å². The number of fused-ring (bicyclic) bond motifs is 1. The number of methoxy groups -OCH3 is 1. The number of ether oxygens (including phenoxy) is 1. The van der Waals surface area contributed by atoms with E-state index in [1.807, 2.05) is 6.20 Å². The summed E-state index contributed by atoms with van der Waals surface area (Å²) in [5.74, 6) is 1.96. The van der Waals surface area contributed by atoms with Crippen LogP contribution < -0.4 is 5.32 Å². The number of hydrogen-bond donors (Lipinski definition) is 1. The fourth-order valence-electron chi connectivity index (χ4n) is 3.07. The third-order valence-corrected chi connectivity index (χ3v) is 4.24. The molecule has 2 atom stereocenters. The monoisotopic (exact) mass is 291 g/mol. The quantitative estimate of drug-likeness (QED) is 0.785. The van der Waals surface area contributed by atoms with E-state index < -0.39 is 0 Å². The third kappa shape index (κ3) is 4.24. The maximum Gasteiger partial charge on any atom is 0.157 e. The second-order valence-corrected chi connectivity index (χ2v) is 6.41. The molecule has 1 aromatic heterocycles. The van der Waals surface area contributed by atoms with Crippen LogP contribution in [0.15, 0.2) is 6.20 Å². The van der Waals surface area contributed by atoms with Gasteiger partial charge in [-0.05, 0) is 56.2 Å². The van der Waals surface area contributed by atoms with Crippen molar-refractivity contribution in [3.8, 4) is 0 Å². The van der Waals surface area contributed by atoms with Crippen molar-refractivity contribution in [2.75, 3.05) is 20.2 Å². The van der Waals surface area contributed by atoms with Crippen molar-refractivity contribution in [3.63, 3.8) is 0 Å². The Kier molecular flexibility index (Phi) is 6.12. The first-order valence-electron chi connectivity index (χ1n) is 8.23. The molecule has 1 N–H and O–H groups in total. The fourth-order valence-corrected chi connectivity index (χ4v) is 3.07. The molecule has 0 aliphatic heterocycles. The number of rotatable bonds is 7. The molecule has 21 heavy (non-hydrogen) atoms. The van der Waals surface area contributed by atoms with Crippen molar-refractivity contribution >= 4 is 0 Å². The molecule has 0 bridgehead atoms. The summed E-state index contributed by atoms with van der Waals surface area (Å²) in [6.07, 6.45) is 6.61. The Bertz CT molecular complexity index is 448. The number of hydrogen-bond acceptors (Lipinski definition) is 4. The van der Waals surface area contributed by atoms with E-state index in [0.29, 0.717) is 5.92 Å². The number of nitrogens with zero attached hydrogens (tertiary/aromatic N) is 2. The lowest BCUT2D eigenvalue weighted by atomic mass is 9.87. The predicted molar refractivity (Wildman–Crippen MR) is 85.3 cm³/mol. The second-order valence-electron chi connectivity index (χ2n) is 6.41. The Balaban J connectivity index is 2.03. The van der Waals surface area contributed by atoms with Gasteiger partial charge in [-0.3, -0.25) is 0 Å². The number of nitrogens with one attached hydrogen (secondary N) is 1. The highest BCUT2D eigenvalue weighted by Gasteiger charge is 2.23. The van der Waals surface area contributed by atoms with Crippen LogP contribution in [0.4, 0.5) is 0 Å². The van der Waals surface area contributed by atoms with E-state index >= 15 is 0 Å². The molecule has 0 amide bonds. The molecule has 4 heteroatoms. The molecule has 1 heterocycles. The summed E-state index contributed by atoms with van der Waals surface area (Å²) in [4.78, 5) is 9.34. The Hall–Kier alpha value is -1.00. The van der Waals surface area contributed by atoms with Crippen molar-refractivity contribution < 1.29 is 4.74 Å². The van der Waals surface area contributed by atoms with Crippen molar-refractivity contribution in [1.29, 1.82) is 0 Å². The largest absolute Gasteiger partial charge is 0.373 e. The average molecular weight is 291 g/mol. The standard InChI is InChI=1S/C17H29N3O/c1-5-8-18-10-13-6-7-15-14(9-13)11-19-17(20-15)16(21-4)12(2)3/h11-13,16,18H,5-10H2,1-4H3. The summed E-state index contributed by atoms with van der Waals surface area (Å²) >= 11 is 0. The molecule has 118 valence electrons. The minimum absolute atomic E-state index is 0.000700. The van der Waals surface area contributed by atoms with E-state index in [1.54, 1.807) is 7.11 Å². The van der Waals surface area contributed by atoms with Crippen LogP contribution in [0.5, 0.6) is 0 Å². The van der Waals surface area contributed by atoms with Crippen LogP contribution in [0.2, 0.25) is 0 Å². The van der Waals surface area contributed by atoms with Gasteiger partial charge < -0.3 is 10.1 Å². The maximum atomic E-state index is 5.54. The Morgan fingerprint density at radius 2 is 2.24 bits per heavy atom. The second kappa shape index (κ2) is 7.85. The first kappa shape index (κ1) is 16.4. The zero-order valence-corrected chi connectivity index (χ0v) is 13.9. The topological polar surface area (TPSA) is 47.0 Å². The molecule has 2 unspecified atom stereocenters. The van der Waals surface area contributed by atoms with Crippen LogP contribution in [0, 0.1) is 11.8 Å².